The highest BCUT2D eigenvalue weighted by molar-refractivity contribution is 7.65. The first kappa shape index (κ1) is 24.8. The van der Waals surface area contributed by atoms with E-state index in [1.54, 1.807) is 24.3 Å². The van der Waals surface area contributed by atoms with Gasteiger partial charge in [0.15, 0.2) is 0 Å². The second-order valence-corrected chi connectivity index (χ2v) is 11.4. The molecular weight excluding hydrogens is 493 g/mol. The van der Waals surface area contributed by atoms with E-state index < -0.39 is 12.5 Å². The van der Waals surface area contributed by atoms with E-state index in [4.69, 9.17) is 13.8 Å². The van der Waals surface area contributed by atoms with Gasteiger partial charge in [0, 0.05) is 23.1 Å². The lowest BCUT2D eigenvalue weighted by atomic mass is 9.97. The number of non-ortho nitro benzene ring substituents is 1. The van der Waals surface area contributed by atoms with Crippen molar-refractivity contribution in [2.45, 2.75) is 13.8 Å². The van der Waals surface area contributed by atoms with Gasteiger partial charge in [-0.2, -0.15) is 10.2 Å². The molecule has 0 unspecified atom stereocenters. The fourth-order valence-corrected chi connectivity index (χ4v) is 6.01. The fraction of sp³-hybridized carbons (Fsp3) is 0.185. The number of nitro groups is 1. The molecule has 37 heavy (non-hydrogen) atoms. The first-order valence-electron chi connectivity index (χ1n) is 11.6. The molecule has 188 valence electrons. The molecule has 3 aromatic rings. The standard InChI is InChI=1S/C27H24N3O6P/c1-27(2)17-34-37(33,35-18-27)26(19-6-4-3-5-7-19)25-14-8-20-16-22(11-15-24(20)36-25)29-28-21-9-12-23(13-10-21)30(31)32/h3-16H,17-18H2,1-2H3/b26-25+,29-28?. The molecule has 0 spiro atoms. The molecule has 0 atom stereocenters. The average Bonchev–Trinajstić information content (AvgIpc) is 2.90. The van der Waals surface area contributed by atoms with Crippen molar-refractivity contribution in [1.29, 1.82) is 0 Å². The Balaban J connectivity index is 1.44. The molecule has 0 aliphatic carbocycles. The number of nitro benzene ring substituents is 1. The van der Waals surface area contributed by atoms with Crippen molar-refractivity contribution < 1.29 is 23.3 Å². The van der Waals surface area contributed by atoms with Gasteiger partial charge in [0.2, 0.25) is 0 Å². The second-order valence-electron chi connectivity index (χ2n) is 9.42. The van der Waals surface area contributed by atoms with Crippen LogP contribution in [0.15, 0.2) is 94.9 Å². The molecule has 0 amide bonds. The minimum absolute atomic E-state index is 0.0104. The molecule has 1 fully saturated rings. The number of fused-ring (bicyclic) bond motifs is 1. The molecule has 2 aliphatic heterocycles. The van der Waals surface area contributed by atoms with Crippen LogP contribution < -0.4 is 4.74 Å². The van der Waals surface area contributed by atoms with Crippen LogP contribution in [0.5, 0.6) is 5.75 Å². The van der Waals surface area contributed by atoms with Crippen LogP contribution in [0.2, 0.25) is 0 Å². The Morgan fingerprint density at radius 1 is 0.919 bits per heavy atom. The Hall–Kier alpha value is -3.91. The highest BCUT2D eigenvalue weighted by Gasteiger charge is 2.42. The summed E-state index contributed by atoms with van der Waals surface area (Å²) in [6.07, 6.45) is 3.59. The third-order valence-corrected chi connectivity index (χ3v) is 7.74. The van der Waals surface area contributed by atoms with Gasteiger partial charge in [-0.3, -0.25) is 14.7 Å². The van der Waals surface area contributed by atoms with Crippen LogP contribution >= 0.6 is 7.60 Å². The molecular formula is C27H24N3O6P. The Morgan fingerprint density at radius 3 is 2.24 bits per heavy atom. The van der Waals surface area contributed by atoms with Crippen LogP contribution in [-0.2, 0) is 13.6 Å². The lowest BCUT2D eigenvalue weighted by Gasteiger charge is -2.35. The van der Waals surface area contributed by atoms with Crippen molar-refractivity contribution in [3.8, 4) is 5.75 Å². The van der Waals surface area contributed by atoms with Crippen LogP contribution in [0.25, 0.3) is 11.4 Å². The van der Waals surface area contributed by atoms with E-state index in [2.05, 4.69) is 10.2 Å². The summed E-state index contributed by atoms with van der Waals surface area (Å²) < 4.78 is 31.8. The summed E-state index contributed by atoms with van der Waals surface area (Å²) in [6, 6.07) is 20.4. The quantitative estimate of drug-likeness (QED) is 0.146. The monoisotopic (exact) mass is 517 g/mol. The zero-order valence-electron chi connectivity index (χ0n) is 20.2. The van der Waals surface area contributed by atoms with Gasteiger partial charge in [-0.05, 0) is 48.0 Å². The fourth-order valence-electron chi connectivity index (χ4n) is 3.78. The summed E-state index contributed by atoms with van der Waals surface area (Å²) in [7, 11) is -3.64. The van der Waals surface area contributed by atoms with Crippen molar-refractivity contribution in [3.05, 3.63) is 106 Å². The van der Waals surface area contributed by atoms with Crippen molar-refractivity contribution in [1.82, 2.24) is 0 Å². The van der Waals surface area contributed by atoms with E-state index >= 15 is 0 Å². The minimum Gasteiger partial charge on any atom is -0.456 e. The van der Waals surface area contributed by atoms with Gasteiger partial charge < -0.3 is 13.8 Å². The average molecular weight is 517 g/mol. The first-order chi connectivity index (χ1) is 17.7. The largest absolute Gasteiger partial charge is 0.456 e. The maximum absolute atomic E-state index is 13.9. The highest BCUT2D eigenvalue weighted by atomic mass is 31.2. The van der Waals surface area contributed by atoms with Gasteiger partial charge in [0.25, 0.3) is 5.69 Å². The van der Waals surface area contributed by atoms with Crippen LogP contribution in [0.4, 0.5) is 17.1 Å². The first-order valence-corrected chi connectivity index (χ1v) is 13.1. The zero-order chi connectivity index (χ0) is 26.0. The van der Waals surface area contributed by atoms with E-state index in [-0.39, 0.29) is 11.1 Å². The number of hydrogen-bond donors (Lipinski definition) is 0. The predicted molar refractivity (Wildman–Crippen MR) is 140 cm³/mol. The lowest BCUT2D eigenvalue weighted by Crippen LogP contribution is -2.29. The van der Waals surface area contributed by atoms with Crippen LogP contribution in [0.1, 0.15) is 25.0 Å². The molecule has 2 aliphatic rings. The molecule has 0 bridgehead atoms. The number of benzene rings is 3. The third-order valence-electron chi connectivity index (χ3n) is 5.77. The Bertz CT molecular complexity index is 1470. The van der Waals surface area contributed by atoms with Gasteiger partial charge in [0.1, 0.15) is 16.8 Å². The van der Waals surface area contributed by atoms with Crippen molar-refractivity contribution in [3.63, 3.8) is 0 Å². The maximum atomic E-state index is 13.9. The van der Waals surface area contributed by atoms with Crippen molar-refractivity contribution in [2.24, 2.45) is 15.6 Å². The highest BCUT2D eigenvalue weighted by Crippen LogP contribution is 2.65. The second kappa shape index (κ2) is 9.86. The van der Waals surface area contributed by atoms with E-state index in [1.807, 2.05) is 50.3 Å². The van der Waals surface area contributed by atoms with E-state index in [9.17, 15) is 14.7 Å². The summed E-state index contributed by atoms with van der Waals surface area (Å²) in [5.74, 6) is 0.950. The van der Waals surface area contributed by atoms with Crippen LogP contribution in [0.3, 0.4) is 0 Å². The molecule has 3 aromatic carbocycles. The Kier molecular flexibility index (Phi) is 6.60. The molecule has 0 saturated carbocycles. The SMILES string of the molecule is CC1(C)COP(=O)(/C(=C2\C=Cc3cc(N=Nc4ccc([N+](=O)[O-])cc4)ccc3O2)c2ccccc2)OC1. The molecule has 1 saturated heterocycles. The minimum atomic E-state index is -3.64. The van der Waals surface area contributed by atoms with Gasteiger partial charge >= 0.3 is 7.60 Å². The Morgan fingerprint density at radius 2 is 1.57 bits per heavy atom. The van der Waals surface area contributed by atoms with E-state index in [1.165, 1.54) is 24.3 Å². The van der Waals surface area contributed by atoms with Gasteiger partial charge in [-0.1, -0.05) is 44.2 Å². The molecule has 5 rings (SSSR count). The number of rotatable bonds is 5. The Labute approximate surface area is 213 Å². The van der Waals surface area contributed by atoms with Crippen molar-refractivity contribution >= 4 is 36.0 Å². The molecule has 2 heterocycles. The molecule has 0 N–H and O–H groups in total. The normalized spacial score (nSPS) is 19.2. The summed E-state index contributed by atoms with van der Waals surface area (Å²) in [6.45, 7) is 4.60. The predicted octanol–water partition coefficient (Wildman–Crippen LogP) is 8.05. The van der Waals surface area contributed by atoms with Crippen molar-refractivity contribution in [2.75, 3.05) is 13.2 Å². The van der Waals surface area contributed by atoms with Crippen LogP contribution in [0, 0.1) is 15.5 Å². The summed E-state index contributed by atoms with van der Waals surface area (Å²) in [5, 5.41) is 19.6. The molecule has 10 heteroatoms. The third kappa shape index (κ3) is 5.44. The summed E-state index contributed by atoms with van der Waals surface area (Å²) >= 11 is 0. The van der Waals surface area contributed by atoms with Gasteiger partial charge in [0.05, 0.1) is 29.5 Å². The molecule has 0 aromatic heterocycles. The zero-order valence-corrected chi connectivity index (χ0v) is 21.1. The number of hydrogen-bond acceptors (Lipinski definition) is 8. The maximum Gasteiger partial charge on any atom is 0.365 e. The summed E-state index contributed by atoms with van der Waals surface area (Å²) in [4.78, 5) is 10.3. The number of azo groups is 1. The van der Waals surface area contributed by atoms with Gasteiger partial charge in [-0.25, -0.2) is 0 Å². The molecule has 9 nitrogen and oxygen atoms in total. The smallest absolute Gasteiger partial charge is 0.365 e. The molecule has 0 radical (unpaired) electrons. The lowest BCUT2D eigenvalue weighted by molar-refractivity contribution is -0.384. The topological polar surface area (TPSA) is 113 Å². The van der Waals surface area contributed by atoms with Crippen LogP contribution in [-0.4, -0.2) is 18.1 Å². The van der Waals surface area contributed by atoms with Gasteiger partial charge in [-0.15, -0.1) is 0 Å². The number of allylic oxidation sites excluding steroid dienone is 1. The van der Waals surface area contributed by atoms with E-state index in [0.29, 0.717) is 47.0 Å². The van der Waals surface area contributed by atoms with E-state index in [0.717, 1.165) is 5.56 Å². The number of nitrogens with zero attached hydrogens (tertiary/aromatic N) is 3. The summed E-state index contributed by atoms with van der Waals surface area (Å²) in [5.41, 5.74) is 2.28. The number of ether oxygens (including phenoxy) is 1.